The minimum atomic E-state index is 0.552. The SMILES string of the molecule is CN/C(S)=C(\NC1CCCCCC1)SN1SC(NC2CCCCC2)=C(NC2CCCCC2)S1. The predicted octanol–water partition coefficient (Wildman–Crippen LogP) is 6.81. The second-order valence-corrected chi connectivity index (χ2v) is 13.9. The normalized spacial score (nSPS) is 25.5. The Hall–Kier alpha value is 0.0400. The van der Waals surface area contributed by atoms with E-state index in [4.69, 9.17) is 12.6 Å². The lowest BCUT2D eigenvalue weighted by molar-refractivity contribution is 0.392. The first kappa shape index (κ1) is 26.1. The summed E-state index contributed by atoms with van der Waals surface area (Å²) >= 11 is 10.3. The summed E-state index contributed by atoms with van der Waals surface area (Å²) in [6.45, 7) is 0. The maximum atomic E-state index is 4.78. The molecule has 3 aliphatic carbocycles. The fraction of sp³-hybridized carbons (Fsp3) is 0.833. The lowest BCUT2D eigenvalue weighted by atomic mass is 9.95. The fourth-order valence-corrected chi connectivity index (χ4v) is 9.05. The number of thiol groups is 1. The third-order valence-electron chi connectivity index (χ3n) is 7.23. The molecule has 0 aromatic heterocycles. The van der Waals surface area contributed by atoms with Crippen LogP contribution >= 0.6 is 48.5 Å². The van der Waals surface area contributed by atoms with Gasteiger partial charge in [0.1, 0.15) is 15.1 Å². The van der Waals surface area contributed by atoms with E-state index >= 15 is 0 Å². The largest absolute Gasteiger partial charge is 0.381 e. The second kappa shape index (κ2) is 14.0. The van der Waals surface area contributed by atoms with Gasteiger partial charge < -0.3 is 21.3 Å². The van der Waals surface area contributed by atoms with Crippen LogP contribution in [0.4, 0.5) is 0 Å². The third-order valence-corrected chi connectivity index (χ3v) is 11.3. The molecule has 0 unspecified atom stereocenters. The lowest BCUT2D eigenvalue weighted by Gasteiger charge is -2.26. The van der Waals surface area contributed by atoms with Crippen molar-refractivity contribution in [3.8, 4) is 0 Å². The zero-order valence-electron chi connectivity index (χ0n) is 20.2. The maximum absolute atomic E-state index is 4.78. The van der Waals surface area contributed by atoms with Crippen molar-refractivity contribution in [3.05, 3.63) is 20.1 Å². The summed E-state index contributed by atoms with van der Waals surface area (Å²) in [4.78, 5) is 0. The molecule has 0 atom stereocenters. The highest BCUT2D eigenvalue weighted by atomic mass is 32.3. The second-order valence-electron chi connectivity index (χ2n) is 9.87. The van der Waals surface area contributed by atoms with Gasteiger partial charge in [0.05, 0.1) is 5.03 Å². The molecule has 4 rings (SSSR count). The molecule has 0 radical (unpaired) electrons. The van der Waals surface area contributed by atoms with Crippen LogP contribution in [-0.4, -0.2) is 28.3 Å². The van der Waals surface area contributed by atoms with Crippen LogP contribution in [0.1, 0.15) is 103 Å². The van der Waals surface area contributed by atoms with Crippen molar-refractivity contribution in [1.29, 1.82) is 0 Å². The first-order chi connectivity index (χ1) is 16.2. The Balaban J connectivity index is 1.40. The van der Waals surface area contributed by atoms with Gasteiger partial charge in [-0.1, -0.05) is 64.2 Å². The van der Waals surface area contributed by atoms with Crippen LogP contribution in [0.25, 0.3) is 0 Å². The van der Waals surface area contributed by atoms with E-state index in [2.05, 4.69) is 24.4 Å². The molecule has 33 heavy (non-hydrogen) atoms. The highest BCUT2D eigenvalue weighted by Crippen LogP contribution is 2.49. The van der Waals surface area contributed by atoms with Crippen molar-refractivity contribution in [2.75, 3.05) is 7.05 Å². The predicted molar refractivity (Wildman–Crippen MR) is 151 cm³/mol. The molecule has 188 valence electrons. The Labute approximate surface area is 220 Å². The van der Waals surface area contributed by atoms with Crippen LogP contribution in [0.2, 0.25) is 0 Å². The summed E-state index contributed by atoms with van der Waals surface area (Å²) in [6, 6.07) is 1.79. The van der Waals surface area contributed by atoms with Gasteiger partial charge >= 0.3 is 0 Å². The smallest absolute Gasteiger partial charge is 0.117 e. The first-order valence-electron chi connectivity index (χ1n) is 13.2. The molecule has 9 heteroatoms. The van der Waals surface area contributed by atoms with Crippen LogP contribution in [0, 0.1) is 0 Å². The van der Waals surface area contributed by atoms with E-state index in [0.29, 0.717) is 18.1 Å². The summed E-state index contributed by atoms with van der Waals surface area (Å²) in [5, 5.41) is 19.7. The first-order valence-corrected chi connectivity index (χ1v) is 16.0. The zero-order chi connectivity index (χ0) is 22.9. The Morgan fingerprint density at radius 1 is 0.727 bits per heavy atom. The quantitative estimate of drug-likeness (QED) is 0.127. The fourth-order valence-electron chi connectivity index (χ4n) is 5.27. The molecule has 3 fully saturated rings. The van der Waals surface area contributed by atoms with Crippen molar-refractivity contribution in [1.82, 2.24) is 24.4 Å². The molecule has 1 heterocycles. The molecule has 5 nitrogen and oxygen atoms in total. The standard InChI is InChI=1S/C24H43N5S4/c1-25-21(30)22(26-18-12-6-2-3-7-13-18)31-29-32-23(27-19-14-8-4-9-15-19)24(33-29)28-20-16-10-5-11-17-20/h18-20,25-28,30H,2-17H2,1H3/b22-21-. The van der Waals surface area contributed by atoms with Gasteiger partial charge in [0.25, 0.3) is 0 Å². The molecule has 0 aromatic carbocycles. The van der Waals surface area contributed by atoms with Gasteiger partial charge in [0.2, 0.25) is 0 Å². The molecule has 0 aromatic rings. The average molecular weight is 530 g/mol. The third kappa shape index (κ3) is 8.29. The van der Waals surface area contributed by atoms with Gasteiger partial charge in [0.15, 0.2) is 0 Å². The summed E-state index contributed by atoms with van der Waals surface area (Å²) in [7, 11) is 1.96. The van der Waals surface area contributed by atoms with Gasteiger partial charge in [-0.25, -0.2) is 0 Å². The molecule has 4 aliphatic rings. The van der Waals surface area contributed by atoms with Crippen molar-refractivity contribution < 1.29 is 0 Å². The number of rotatable bonds is 9. The van der Waals surface area contributed by atoms with E-state index in [0.717, 1.165) is 10.1 Å². The number of hydrogen-bond donors (Lipinski definition) is 5. The molecule has 4 N–H and O–H groups in total. The van der Waals surface area contributed by atoms with E-state index in [-0.39, 0.29) is 0 Å². The number of nitrogens with one attached hydrogen (secondary N) is 4. The number of nitrogens with zero attached hydrogens (tertiary/aromatic N) is 1. The van der Waals surface area contributed by atoms with Gasteiger partial charge in [0, 0.05) is 61.0 Å². The summed E-state index contributed by atoms with van der Waals surface area (Å²) < 4.78 is 2.35. The van der Waals surface area contributed by atoms with E-state index in [1.165, 1.54) is 113 Å². The van der Waals surface area contributed by atoms with Crippen LogP contribution in [0.3, 0.4) is 0 Å². The molecule has 0 amide bonds. The number of hydrogen-bond acceptors (Lipinski definition) is 9. The minimum Gasteiger partial charge on any atom is -0.381 e. The summed E-state index contributed by atoms with van der Waals surface area (Å²) in [5.41, 5.74) is 0. The van der Waals surface area contributed by atoms with Crippen LogP contribution < -0.4 is 21.3 Å². The minimum absolute atomic E-state index is 0.552. The molecular weight excluding hydrogens is 487 g/mol. The Morgan fingerprint density at radius 2 is 1.15 bits per heavy atom. The van der Waals surface area contributed by atoms with Crippen molar-refractivity contribution >= 4 is 48.5 Å². The van der Waals surface area contributed by atoms with Crippen molar-refractivity contribution in [2.24, 2.45) is 0 Å². The van der Waals surface area contributed by atoms with Crippen LogP contribution in [0.15, 0.2) is 20.1 Å². The van der Waals surface area contributed by atoms with Gasteiger partial charge in [-0.2, -0.15) is 0 Å². The lowest BCUT2D eigenvalue weighted by Crippen LogP contribution is -2.33. The maximum Gasteiger partial charge on any atom is 0.117 e. The Morgan fingerprint density at radius 3 is 1.61 bits per heavy atom. The topological polar surface area (TPSA) is 51.4 Å². The van der Waals surface area contributed by atoms with E-state index < -0.39 is 0 Å². The molecule has 0 bridgehead atoms. The molecule has 3 saturated carbocycles. The zero-order valence-corrected chi connectivity index (χ0v) is 23.5. The van der Waals surface area contributed by atoms with Crippen LogP contribution in [-0.2, 0) is 0 Å². The molecule has 1 aliphatic heterocycles. The van der Waals surface area contributed by atoms with Crippen molar-refractivity contribution in [2.45, 2.75) is 121 Å². The van der Waals surface area contributed by atoms with E-state index in [1.54, 1.807) is 11.9 Å². The van der Waals surface area contributed by atoms with Gasteiger partial charge in [-0.15, -0.1) is 15.7 Å². The molecular formula is C24H43N5S4. The van der Waals surface area contributed by atoms with Gasteiger partial charge in [-0.3, -0.25) is 0 Å². The average Bonchev–Trinajstić information content (AvgIpc) is 3.03. The van der Waals surface area contributed by atoms with E-state index in [9.17, 15) is 0 Å². The summed E-state index contributed by atoms with van der Waals surface area (Å²) in [6.07, 6.45) is 21.3. The highest BCUT2D eigenvalue weighted by Gasteiger charge is 2.31. The Bertz CT molecular complexity index is 634. The highest BCUT2D eigenvalue weighted by molar-refractivity contribution is 8.30. The van der Waals surface area contributed by atoms with Crippen molar-refractivity contribution in [3.63, 3.8) is 0 Å². The molecule has 0 spiro atoms. The molecule has 0 saturated heterocycles. The van der Waals surface area contributed by atoms with Gasteiger partial charge in [-0.05, 0) is 38.5 Å². The monoisotopic (exact) mass is 529 g/mol. The summed E-state index contributed by atoms with van der Waals surface area (Å²) in [5.74, 6) is 0. The van der Waals surface area contributed by atoms with E-state index in [1.807, 2.05) is 30.9 Å². The Kier molecular flexibility index (Phi) is 11.0. The van der Waals surface area contributed by atoms with Crippen LogP contribution in [0.5, 0.6) is 0 Å².